The van der Waals surface area contributed by atoms with Gasteiger partial charge in [-0.15, -0.1) is 0 Å². The van der Waals surface area contributed by atoms with Gasteiger partial charge < -0.3 is 19.1 Å². The Bertz CT molecular complexity index is 915. The van der Waals surface area contributed by atoms with Gasteiger partial charge in [-0.3, -0.25) is 9.59 Å². The molecule has 3 heterocycles. The van der Waals surface area contributed by atoms with E-state index in [1.54, 1.807) is 36.1 Å². The average molecular weight is 459 g/mol. The van der Waals surface area contributed by atoms with Gasteiger partial charge in [-0.05, 0) is 43.5 Å². The lowest BCUT2D eigenvalue weighted by Gasteiger charge is -2.43. The lowest BCUT2D eigenvalue weighted by Crippen LogP contribution is -2.52. The van der Waals surface area contributed by atoms with E-state index in [-0.39, 0.29) is 18.3 Å². The molecule has 1 N–H and O–H groups in total. The minimum atomic E-state index is -0.594. The van der Waals surface area contributed by atoms with E-state index in [1.807, 2.05) is 0 Å². The van der Waals surface area contributed by atoms with E-state index in [1.165, 1.54) is 6.08 Å². The lowest BCUT2D eigenvalue weighted by atomic mass is 9.82. The van der Waals surface area contributed by atoms with Crippen LogP contribution in [-0.2, 0) is 19.1 Å². The van der Waals surface area contributed by atoms with E-state index in [0.717, 1.165) is 19.3 Å². The highest BCUT2D eigenvalue weighted by Gasteiger charge is 2.43. The van der Waals surface area contributed by atoms with Crippen LogP contribution in [0.4, 0.5) is 4.79 Å². The number of carbonyl (C=O) groups is 3. The van der Waals surface area contributed by atoms with Crippen molar-refractivity contribution in [1.29, 1.82) is 0 Å². The smallest absolute Gasteiger partial charge is 0.409 e. The molecule has 0 aromatic heterocycles. The molecule has 9 nitrogen and oxygen atoms in total. The molecule has 9 heteroatoms. The Kier molecular flexibility index (Phi) is 7.29. The summed E-state index contributed by atoms with van der Waals surface area (Å²) in [5, 5.41) is 0. The van der Waals surface area contributed by atoms with Crippen LogP contribution in [0.3, 0.4) is 0 Å². The lowest BCUT2D eigenvalue weighted by molar-refractivity contribution is -0.198. The summed E-state index contributed by atoms with van der Waals surface area (Å²) in [6.45, 7) is 3.73. The summed E-state index contributed by atoms with van der Waals surface area (Å²) in [7, 11) is 0. The number of fused-ring (bicyclic) bond motifs is 1. The first-order chi connectivity index (χ1) is 16.0. The van der Waals surface area contributed by atoms with Crippen molar-refractivity contribution >= 4 is 23.9 Å². The van der Waals surface area contributed by atoms with Crippen LogP contribution >= 0.6 is 0 Å². The second-order valence-electron chi connectivity index (χ2n) is 8.54. The maximum atomic E-state index is 12.9. The number of piperidine rings is 1. The molecule has 0 radical (unpaired) electrons. The highest BCUT2D eigenvalue weighted by molar-refractivity contribution is 6.01. The fourth-order valence-electron chi connectivity index (χ4n) is 4.34. The predicted octanol–water partition coefficient (Wildman–Crippen LogP) is 3.23. The van der Waals surface area contributed by atoms with E-state index in [2.05, 4.69) is 5.48 Å². The van der Waals surface area contributed by atoms with Gasteiger partial charge in [-0.25, -0.2) is 15.1 Å². The number of hydroxylamine groups is 1. The van der Waals surface area contributed by atoms with Gasteiger partial charge >= 0.3 is 6.09 Å². The van der Waals surface area contributed by atoms with Crippen LogP contribution in [0.15, 0.2) is 24.3 Å². The number of hydrogen-bond donors (Lipinski definition) is 1. The summed E-state index contributed by atoms with van der Waals surface area (Å²) in [5.74, 6) is 0.130. The first kappa shape index (κ1) is 23.3. The molecule has 3 aliphatic heterocycles. The second-order valence-corrected chi connectivity index (χ2v) is 8.54. The zero-order valence-corrected chi connectivity index (χ0v) is 18.8. The van der Waals surface area contributed by atoms with E-state index >= 15 is 0 Å². The van der Waals surface area contributed by atoms with Crippen LogP contribution in [0.5, 0.6) is 5.75 Å². The van der Waals surface area contributed by atoms with E-state index in [4.69, 9.17) is 19.0 Å². The molecule has 2 saturated heterocycles. The standard InChI is InChI=1S/C24H30N2O7/c1-2-30-23(29)26-12-10-24(11-13-26)16-19(27)18-15-17(6-8-20(18)32-24)7-9-21(28)25-33-22-5-3-4-14-31-22/h6-9,15,22H,2-5,10-14,16H2,1H3,(H,25,28)/b9-7+. The monoisotopic (exact) mass is 458 g/mol. The van der Waals surface area contributed by atoms with Crippen LogP contribution in [0.1, 0.15) is 61.4 Å². The number of hydrogen-bond acceptors (Lipinski definition) is 7. The Labute approximate surface area is 192 Å². The van der Waals surface area contributed by atoms with Crippen LogP contribution in [0.2, 0.25) is 0 Å². The van der Waals surface area contributed by atoms with Crippen LogP contribution in [0.25, 0.3) is 6.08 Å². The van der Waals surface area contributed by atoms with Crippen molar-refractivity contribution in [2.24, 2.45) is 0 Å². The molecule has 1 atom stereocenters. The topological polar surface area (TPSA) is 103 Å². The van der Waals surface area contributed by atoms with Crippen molar-refractivity contribution < 1.29 is 33.4 Å². The zero-order chi connectivity index (χ0) is 23.3. The zero-order valence-electron chi connectivity index (χ0n) is 18.8. The largest absolute Gasteiger partial charge is 0.486 e. The minimum absolute atomic E-state index is 0.00156. The SMILES string of the molecule is CCOC(=O)N1CCC2(CC1)CC(=O)c1cc(/C=C/C(=O)NOC3CCCCO3)ccc1O2. The third-order valence-corrected chi connectivity index (χ3v) is 6.17. The van der Waals surface area contributed by atoms with Gasteiger partial charge in [0, 0.05) is 45.0 Å². The van der Waals surface area contributed by atoms with Crippen molar-refractivity contribution in [3.63, 3.8) is 0 Å². The molecule has 2 amide bonds. The number of benzene rings is 1. The number of Topliss-reactive ketones (excluding diaryl/α,β-unsaturated/α-hetero) is 1. The molecule has 1 aromatic carbocycles. The first-order valence-electron chi connectivity index (χ1n) is 11.5. The number of nitrogens with zero attached hydrogens (tertiary/aromatic N) is 1. The third-order valence-electron chi connectivity index (χ3n) is 6.17. The Balaban J connectivity index is 1.34. The normalized spacial score (nSPS) is 22.0. The van der Waals surface area contributed by atoms with Gasteiger partial charge in [0.1, 0.15) is 11.4 Å². The molecule has 2 fully saturated rings. The molecule has 178 valence electrons. The summed E-state index contributed by atoms with van der Waals surface area (Å²) >= 11 is 0. The van der Waals surface area contributed by atoms with E-state index in [9.17, 15) is 14.4 Å². The van der Waals surface area contributed by atoms with Gasteiger partial charge in [0.05, 0.1) is 18.6 Å². The fourth-order valence-corrected chi connectivity index (χ4v) is 4.34. The number of rotatable bonds is 5. The van der Waals surface area contributed by atoms with Crippen LogP contribution < -0.4 is 10.2 Å². The van der Waals surface area contributed by atoms with Gasteiger partial charge in [0.25, 0.3) is 5.91 Å². The van der Waals surface area contributed by atoms with Gasteiger partial charge in [0.15, 0.2) is 12.1 Å². The Morgan fingerprint density at radius 3 is 2.82 bits per heavy atom. The number of amides is 2. The van der Waals surface area contributed by atoms with Crippen molar-refractivity contribution in [3.8, 4) is 5.75 Å². The summed E-state index contributed by atoms with van der Waals surface area (Å²) < 4.78 is 16.7. The molecular formula is C24H30N2O7. The molecular weight excluding hydrogens is 428 g/mol. The van der Waals surface area contributed by atoms with E-state index in [0.29, 0.717) is 56.0 Å². The first-order valence-corrected chi connectivity index (χ1v) is 11.5. The number of likely N-dealkylation sites (tertiary alicyclic amines) is 1. The van der Waals surface area contributed by atoms with Gasteiger partial charge in [-0.1, -0.05) is 6.07 Å². The van der Waals surface area contributed by atoms with E-state index < -0.39 is 17.8 Å². The number of nitrogens with one attached hydrogen (secondary N) is 1. The summed E-state index contributed by atoms with van der Waals surface area (Å²) in [6.07, 6.45) is 6.40. The summed E-state index contributed by atoms with van der Waals surface area (Å²) in [6, 6.07) is 5.29. The molecule has 3 aliphatic rings. The van der Waals surface area contributed by atoms with Crippen LogP contribution in [0, 0.1) is 0 Å². The van der Waals surface area contributed by atoms with Crippen LogP contribution in [-0.4, -0.2) is 60.9 Å². The molecule has 0 bridgehead atoms. The van der Waals surface area contributed by atoms with Gasteiger partial charge in [-0.2, -0.15) is 0 Å². The third kappa shape index (κ3) is 5.72. The maximum absolute atomic E-state index is 12.9. The number of ketones is 1. The highest BCUT2D eigenvalue weighted by Crippen LogP contribution is 2.39. The summed E-state index contributed by atoms with van der Waals surface area (Å²) in [5.41, 5.74) is 2.99. The molecule has 1 aromatic rings. The van der Waals surface area contributed by atoms with Crippen molar-refractivity contribution in [2.75, 3.05) is 26.3 Å². The molecule has 33 heavy (non-hydrogen) atoms. The van der Waals surface area contributed by atoms with Gasteiger partial charge in [0.2, 0.25) is 0 Å². The Morgan fingerprint density at radius 1 is 1.27 bits per heavy atom. The Hall–Kier alpha value is -2.91. The summed E-state index contributed by atoms with van der Waals surface area (Å²) in [4.78, 5) is 43.8. The molecule has 0 aliphatic carbocycles. The maximum Gasteiger partial charge on any atom is 0.409 e. The molecule has 0 saturated carbocycles. The van der Waals surface area contributed by atoms with Crippen molar-refractivity contribution in [3.05, 3.63) is 35.4 Å². The molecule has 1 unspecified atom stereocenters. The second kappa shape index (κ2) is 10.4. The number of ether oxygens (including phenoxy) is 3. The highest BCUT2D eigenvalue weighted by atomic mass is 16.8. The average Bonchev–Trinajstić information content (AvgIpc) is 2.83. The fraction of sp³-hybridized carbons (Fsp3) is 0.542. The van der Waals surface area contributed by atoms with Crippen molar-refractivity contribution in [2.45, 2.75) is 57.3 Å². The molecule has 4 rings (SSSR count). The molecule has 1 spiro atoms. The minimum Gasteiger partial charge on any atom is -0.486 e. The Morgan fingerprint density at radius 2 is 2.09 bits per heavy atom. The quantitative estimate of drug-likeness (QED) is 0.534. The number of carbonyl (C=O) groups excluding carboxylic acids is 3. The van der Waals surface area contributed by atoms with Crippen molar-refractivity contribution in [1.82, 2.24) is 10.4 Å². The predicted molar refractivity (Wildman–Crippen MR) is 118 cm³/mol.